The Kier molecular flexibility index (Phi) is 9.29. The lowest BCUT2D eigenvalue weighted by Gasteiger charge is -2.30. The molecule has 1 saturated carbocycles. The second-order valence-electron chi connectivity index (χ2n) is 12.1. The summed E-state index contributed by atoms with van der Waals surface area (Å²) in [6, 6.07) is 2.26. The lowest BCUT2D eigenvalue weighted by Crippen LogP contribution is -2.58. The van der Waals surface area contributed by atoms with E-state index < -0.39 is 68.8 Å². The van der Waals surface area contributed by atoms with Crippen LogP contribution in [0.25, 0.3) is 0 Å². The maximum Gasteiger partial charge on any atom is 0.408 e. The van der Waals surface area contributed by atoms with E-state index in [0.717, 1.165) is 37.1 Å². The van der Waals surface area contributed by atoms with Gasteiger partial charge >= 0.3 is 6.09 Å². The highest BCUT2D eigenvalue weighted by molar-refractivity contribution is 7.90. The van der Waals surface area contributed by atoms with Gasteiger partial charge < -0.3 is 20.3 Å². The summed E-state index contributed by atoms with van der Waals surface area (Å²) < 4.78 is 46.5. The quantitative estimate of drug-likeness (QED) is 0.446. The number of ether oxygens (including phenoxy) is 1. The highest BCUT2D eigenvalue weighted by Crippen LogP contribution is 2.45. The molecule has 0 spiro atoms. The Morgan fingerprint density at radius 2 is 1.79 bits per heavy atom. The van der Waals surface area contributed by atoms with Gasteiger partial charge in [-0.15, -0.1) is 0 Å². The van der Waals surface area contributed by atoms with E-state index >= 15 is 0 Å². The summed E-state index contributed by atoms with van der Waals surface area (Å²) in [6.07, 6.45) is 7.40. The summed E-state index contributed by atoms with van der Waals surface area (Å²) in [5.41, 5.74) is -2.28. The highest BCUT2D eigenvalue weighted by Gasteiger charge is 2.61. The number of hydrogen-bond acceptors (Lipinski definition) is 7. The van der Waals surface area contributed by atoms with E-state index in [2.05, 4.69) is 10.6 Å². The van der Waals surface area contributed by atoms with Crippen LogP contribution in [-0.2, 0) is 29.1 Å². The molecule has 0 bridgehead atoms. The standard InChI is InChI=1S/C29H39FN4O7S/c1-28(2,3)41-27(38)31-22-11-8-6-4-5-7-10-19-18-29(19,32-24(35)23-12-9-17-34(23)25(22)36)26(37)33-42(39,40)21-15-13-20(30)14-16-21/h7,10,13-16,19,22-23H,4-6,8-9,11-12,17-18H2,1-3H3,(H,31,38)(H,32,35)(H,33,37)/b10-7-/t19-,22+,23+,29-/m1/s1. The van der Waals surface area contributed by atoms with Crippen molar-refractivity contribution in [3.63, 3.8) is 0 Å². The number of sulfonamides is 1. The van der Waals surface area contributed by atoms with Crippen LogP contribution in [-0.4, -0.2) is 66.9 Å². The van der Waals surface area contributed by atoms with Crippen LogP contribution < -0.4 is 15.4 Å². The first-order valence-electron chi connectivity index (χ1n) is 14.3. The number of carbonyl (C=O) groups excluding carboxylic acids is 4. The average Bonchev–Trinajstić information content (AvgIpc) is 3.35. The first-order valence-corrected chi connectivity index (χ1v) is 15.8. The molecule has 13 heteroatoms. The van der Waals surface area contributed by atoms with Gasteiger partial charge in [-0.1, -0.05) is 25.0 Å². The molecule has 0 radical (unpaired) electrons. The van der Waals surface area contributed by atoms with Crippen molar-refractivity contribution < 1.29 is 36.7 Å². The van der Waals surface area contributed by atoms with Gasteiger partial charge in [0.05, 0.1) is 4.90 Å². The van der Waals surface area contributed by atoms with Crippen molar-refractivity contribution in [2.45, 2.75) is 100 Å². The smallest absolute Gasteiger partial charge is 0.408 e. The molecule has 230 valence electrons. The molecule has 4 amide bonds. The normalized spacial score (nSPS) is 27.8. The van der Waals surface area contributed by atoms with Crippen LogP contribution in [0.1, 0.15) is 72.1 Å². The number of nitrogens with zero attached hydrogens (tertiary/aromatic N) is 1. The molecule has 11 nitrogen and oxygen atoms in total. The molecule has 4 atom stereocenters. The minimum atomic E-state index is -4.34. The van der Waals surface area contributed by atoms with Gasteiger partial charge in [0.15, 0.2) is 0 Å². The molecule has 2 fully saturated rings. The van der Waals surface area contributed by atoms with Crippen LogP contribution in [0.15, 0.2) is 41.3 Å². The number of alkyl carbamates (subject to hydrolysis) is 1. The molecule has 1 aromatic carbocycles. The Morgan fingerprint density at radius 3 is 2.48 bits per heavy atom. The predicted molar refractivity (Wildman–Crippen MR) is 151 cm³/mol. The second kappa shape index (κ2) is 12.4. The molecule has 4 rings (SSSR count). The van der Waals surface area contributed by atoms with Gasteiger partial charge in [0.1, 0.15) is 29.0 Å². The molecular formula is C29H39FN4O7S. The number of carbonyl (C=O) groups is 4. The third-order valence-corrected chi connectivity index (χ3v) is 9.02. The number of allylic oxidation sites excluding steroid dienone is 1. The fraction of sp³-hybridized carbons (Fsp3) is 0.586. The average molecular weight is 607 g/mol. The summed E-state index contributed by atoms with van der Waals surface area (Å²) in [7, 11) is -4.34. The van der Waals surface area contributed by atoms with Crippen molar-refractivity contribution in [3.8, 4) is 0 Å². The molecule has 2 aliphatic heterocycles. The molecule has 3 aliphatic rings. The van der Waals surface area contributed by atoms with Gasteiger partial charge in [-0.25, -0.2) is 22.3 Å². The van der Waals surface area contributed by atoms with E-state index in [-0.39, 0.29) is 11.3 Å². The number of halogens is 1. The minimum absolute atomic E-state index is 0.184. The zero-order valence-electron chi connectivity index (χ0n) is 24.2. The van der Waals surface area contributed by atoms with Gasteiger partial charge in [0.2, 0.25) is 11.8 Å². The summed E-state index contributed by atoms with van der Waals surface area (Å²) in [4.78, 5) is 54.4. The number of fused-ring (bicyclic) bond motifs is 2. The van der Waals surface area contributed by atoms with Gasteiger partial charge in [-0.2, -0.15) is 0 Å². The van der Waals surface area contributed by atoms with Crippen molar-refractivity contribution in [2.24, 2.45) is 5.92 Å². The lowest BCUT2D eigenvalue weighted by atomic mass is 10.0. The molecule has 1 saturated heterocycles. The number of nitrogens with one attached hydrogen (secondary N) is 3. The fourth-order valence-electron chi connectivity index (χ4n) is 5.43. The van der Waals surface area contributed by atoms with Crippen molar-refractivity contribution in [2.75, 3.05) is 6.54 Å². The molecule has 1 aliphatic carbocycles. The van der Waals surface area contributed by atoms with Crippen molar-refractivity contribution in [1.82, 2.24) is 20.3 Å². The van der Waals surface area contributed by atoms with E-state index in [9.17, 15) is 32.0 Å². The van der Waals surface area contributed by atoms with E-state index in [4.69, 9.17) is 4.74 Å². The predicted octanol–water partition coefficient (Wildman–Crippen LogP) is 2.91. The molecule has 42 heavy (non-hydrogen) atoms. The Bertz CT molecular complexity index is 1340. The van der Waals surface area contributed by atoms with Gasteiger partial charge in [0.25, 0.3) is 15.9 Å². The van der Waals surface area contributed by atoms with Crippen LogP contribution in [0, 0.1) is 11.7 Å². The molecule has 2 heterocycles. The third kappa shape index (κ3) is 7.47. The van der Waals surface area contributed by atoms with Gasteiger partial charge in [-0.05, 0) is 83.6 Å². The monoisotopic (exact) mass is 606 g/mol. The first kappa shape index (κ1) is 31.5. The number of hydrogen-bond donors (Lipinski definition) is 3. The Balaban J connectivity index is 1.56. The number of amides is 4. The third-order valence-electron chi connectivity index (χ3n) is 7.68. The van der Waals surface area contributed by atoms with Gasteiger partial charge in [0, 0.05) is 12.5 Å². The first-order chi connectivity index (χ1) is 19.7. The minimum Gasteiger partial charge on any atom is -0.444 e. The topological polar surface area (TPSA) is 151 Å². The van der Waals surface area contributed by atoms with Crippen LogP contribution in [0.2, 0.25) is 0 Å². The van der Waals surface area contributed by atoms with Crippen molar-refractivity contribution in [1.29, 1.82) is 0 Å². The summed E-state index contributed by atoms with van der Waals surface area (Å²) in [6.45, 7) is 5.47. The number of benzene rings is 1. The molecule has 0 aromatic heterocycles. The summed E-state index contributed by atoms with van der Waals surface area (Å²) >= 11 is 0. The van der Waals surface area contributed by atoms with Crippen LogP contribution in [0.4, 0.5) is 9.18 Å². The van der Waals surface area contributed by atoms with E-state index in [1.165, 1.54) is 4.90 Å². The van der Waals surface area contributed by atoms with Crippen LogP contribution in [0.3, 0.4) is 0 Å². The summed E-state index contributed by atoms with van der Waals surface area (Å²) in [5.74, 6) is -2.95. The van der Waals surface area contributed by atoms with Crippen LogP contribution in [0.5, 0.6) is 0 Å². The molecule has 1 aromatic rings. The van der Waals surface area contributed by atoms with Crippen molar-refractivity contribution in [3.05, 3.63) is 42.2 Å². The molecule has 0 unspecified atom stereocenters. The van der Waals surface area contributed by atoms with Gasteiger partial charge in [-0.3, -0.25) is 14.4 Å². The maximum atomic E-state index is 13.7. The van der Waals surface area contributed by atoms with E-state index in [1.807, 2.05) is 16.9 Å². The van der Waals surface area contributed by atoms with E-state index in [1.54, 1.807) is 20.8 Å². The molecular weight excluding hydrogens is 567 g/mol. The second-order valence-corrected chi connectivity index (χ2v) is 13.8. The van der Waals surface area contributed by atoms with Crippen molar-refractivity contribution >= 4 is 33.8 Å². The zero-order valence-corrected chi connectivity index (χ0v) is 25.0. The Hall–Kier alpha value is -3.48. The SMILES string of the molecule is CC(C)(C)OC(=O)N[C@H]1CCCCC/C=C\[C@@H]2C[C@@]2(C(=O)NS(=O)(=O)c2ccc(F)cc2)NC(=O)[C@@H]2CCCN2C1=O. The van der Waals surface area contributed by atoms with Crippen LogP contribution >= 0.6 is 0 Å². The van der Waals surface area contributed by atoms with E-state index in [0.29, 0.717) is 38.6 Å². The Labute approximate surface area is 245 Å². The zero-order chi connectivity index (χ0) is 30.7. The largest absolute Gasteiger partial charge is 0.444 e. The fourth-order valence-corrected chi connectivity index (χ4v) is 6.47. The maximum absolute atomic E-state index is 13.7. The highest BCUT2D eigenvalue weighted by atomic mass is 32.2. The number of rotatable bonds is 4. The molecule has 3 N–H and O–H groups in total. The Morgan fingerprint density at radius 1 is 1.07 bits per heavy atom. The lowest BCUT2D eigenvalue weighted by molar-refractivity contribution is -0.141. The summed E-state index contributed by atoms with van der Waals surface area (Å²) in [5, 5.41) is 5.45.